The maximum absolute atomic E-state index is 14.8. The van der Waals surface area contributed by atoms with Crippen LogP contribution in [0.4, 0.5) is 15.9 Å². The summed E-state index contributed by atoms with van der Waals surface area (Å²) in [5.74, 6) is 0.493. The van der Waals surface area contributed by atoms with Gasteiger partial charge in [-0.2, -0.15) is 0 Å². The van der Waals surface area contributed by atoms with E-state index in [1.807, 2.05) is 19.1 Å². The zero-order valence-electron chi connectivity index (χ0n) is 21.4. The van der Waals surface area contributed by atoms with Crippen LogP contribution in [0.3, 0.4) is 0 Å². The van der Waals surface area contributed by atoms with Gasteiger partial charge in [-0.05, 0) is 38.1 Å². The molecule has 5 rings (SSSR count). The van der Waals surface area contributed by atoms with Crippen molar-refractivity contribution in [3.05, 3.63) is 64.7 Å². The zero-order chi connectivity index (χ0) is 26.6. The summed E-state index contributed by atoms with van der Waals surface area (Å²) in [5.41, 5.74) is 1.91. The number of carbonyl (C=O) groups excluding carboxylic acids is 1. The molecule has 2 fully saturated rings. The molecule has 38 heavy (non-hydrogen) atoms. The molecular formula is C28H30ClFN4O4. The fourth-order valence-electron chi connectivity index (χ4n) is 4.81. The molecule has 2 aromatic carbocycles. The number of rotatable bonds is 9. The van der Waals surface area contributed by atoms with Gasteiger partial charge in [0.15, 0.2) is 11.6 Å². The number of hydrogen-bond donors (Lipinski definition) is 1. The number of allylic oxidation sites excluding steroid dienone is 1. The standard InChI is InChI=1S/C28H30ClFN4O4/c1-3-36-24-13-23-20(28(32-16-31-23)33-22-7-6-21(29)17(2)27(22)30)12-18(24)11-19(35)5-4-8-34-14-25-26(15-34)38-10-9-37-25/h4-7,12-13,16,25-26H,3,8-11,14-15H2,1-2H3,(H,31,32,33)/b5-4+/t25-,26+. The van der Waals surface area contributed by atoms with Crippen molar-refractivity contribution in [2.45, 2.75) is 32.5 Å². The Morgan fingerprint density at radius 3 is 2.74 bits per heavy atom. The molecule has 8 nitrogen and oxygen atoms in total. The molecule has 2 aliphatic heterocycles. The van der Waals surface area contributed by atoms with E-state index >= 15 is 0 Å². The van der Waals surface area contributed by atoms with Crippen LogP contribution in [-0.2, 0) is 20.7 Å². The number of halogens is 2. The molecule has 1 aromatic heterocycles. The van der Waals surface area contributed by atoms with Gasteiger partial charge in [0.25, 0.3) is 0 Å². The number of anilines is 2. The van der Waals surface area contributed by atoms with E-state index in [-0.39, 0.29) is 30.1 Å². The summed E-state index contributed by atoms with van der Waals surface area (Å²) in [5, 5.41) is 4.05. The Hall–Kier alpha value is -3.11. The Balaban J connectivity index is 1.34. The third-order valence-electron chi connectivity index (χ3n) is 6.76. The summed E-state index contributed by atoms with van der Waals surface area (Å²) in [6, 6.07) is 6.81. The molecule has 3 aromatic rings. The second kappa shape index (κ2) is 11.7. The Morgan fingerprint density at radius 2 is 2.00 bits per heavy atom. The predicted molar refractivity (Wildman–Crippen MR) is 144 cm³/mol. The maximum Gasteiger partial charge on any atom is 0.159 e. The first kappa shape index (κ1) is 26.5. The molecule has 1 N–H and O–H groups in total. The van der Waals surface area contributed by atoms with Gasteiger partial charge in [-0.3, -0.25) is 9.69 Å². The molecule has 0 bridgehead atoms. The minimum atomic E-state index is -0.453. The Morgan fingerprint density at radius 1 is 1.24 bits per heavy atom. The number of fused-ring (bicyclic) bond motifs is 2. The average Bonchev–Trinajstić information content (AvgIpc) is 3.32. The summed E-state index contributed by atoms with van der Waals surface area (Å²) in [6.45, 7) is 7.45. The summed E-state index contributed by atoms with van der Waals surface area (Å²) in [4.78, 5) is 23.8. The number of nitrogens with zero attached hydrogens (tertiary/aromatic N) is 3. The molecule has 2 saturated heterocycles. The second-order valence-corrected chi connectivity index (χ2v) is 9.78. The van der Waals surface area contributed by atoms with Crippen LogP contribution in [0, 0.1) is 12.7 Å². The SMILES string of the molecule is CCOc1cc2ncnc(Nc3ccc(Cl)c(C)c3F)c2cc1CC(=O)/C=C/CN1C[C@@H]2OCCO[C@@H]2C1. The number of ketones is 1. The van der Waals surface area contributed by atoms with Crippen LogP contribution >= 0.6 is 11.6 Å². The van der Waals surface area contributed by atoms with Gasteiger partial charge in [0.1, 0.15) is 17.9 Å². The number of ether oxygens (including phenoxy) is 3. The van der Waals surface area contributed by atoms with E-state index in [1.165, 1.54) is 6.33 Å². The third kappa shape index (κ3) is 5.81. The number of likely N-dealkylation sites (tertiary alicyclic amines) is 1. The molecule has 0 radical (unpaired) electrons. The van der Waals surface area contributed by atoms with E-state index in [4.69, 9.17) is 25.8 Å². The van der Waals surface area contributed by atoms with Crippen LogP contribution < -0.4 is 10.1 Å². The summed E-state index contributed by atoms with van der Waals surface area (Å²) >= 11 is 6.04. The number of aromatic nitrogens is 2. The number of nitrogens with one attached hydrogen (secondary N) is 1. The van der Waals surface area contributed by atoms with Crippen molar-refractivity contribution < 1.29 is 23.4 Å². The number of carbonyl (C=O) groups is 1. The quantitative estimate of drug-likeness (QED) is 0.393. The Kier molecular flexibility index (Phi) is 8.18. The second-order valence-electron chi connectivity index (χ2n) is 9.37. The van der Waals surface area contributed by atoms with Crippen molar-refractivity contribution in [1.82, 2.24) is 14.9 Å². The third-order valence-corrected chi connectivity index (χ3v) is 7.17. The molecule has 0 aliphatic carbocycles. The summed E-state index contributed by atoms with van der Waals surface area (Å²) < 4.78 is 32.1. The molecule has 0 unspecified atom stereocenters. The number of benzene rings is 2. The highest BCUT2D eigenvalue weighted by atomic mass is 35.5. The summed E-state index contributed by atoms with van der Waals surface area (Å²) in [7, 11) is 0. The van der Waals surface area contributed by atoms with E-state index < -0.39 is 5.82 Å². The van der Waals surface area contributed by atoms with Gasteiger partial charge in [-0.1, -0.05) is 17.7 Å². The van der Waals surface area contributed by atoms with Gasteiger partial charge in [0.2, 0.25) is 0 Å². The largest absolute Gasteiger partial charge is 0.494 e. The smallest absolute Gasteiger partial charge is 0.159 e. The number of hydrogen-bond acceptors (Lipinski definition) is 8. The zero-order valence-corrected chi connectivity index (χ0v) is 22.1. The minimum Gasteiger partial charge on any atom is -0.494 e. The van der Waals surface area contributed by atoms with Gasteiger partial charge in [0, 0.05) is 53.7 Å². The summed E-state index contributed by atoms with van der Waals surface area (Å²) in [6.07, 6.45) is 5.24. The lowest BCUT2D eigenvalue weighted by molar-refractivity contribution is -0.116. The monoisotopic (exact) mass is 540 g/mol. The molecule has 2 atom stereocenters. The van der Waals surface area contributed by atoms with E-state index in [9.17, 15) is 9.18 Å². The van der Waals surface area contributed by atoms with Crippen LogP contribution in [0.2, 0.25) is 5.02 Å². The van der Waals surface area contributed by atoms with Crippen LogP contribution in [0.25, 0.3) is 10.9 Å². The van der Waals surface area contributed by atoms with E-state index in [0.717, 1.165) is 13.1 Å². The fourth-order valence-corrected chi connectivity index (χ4v) is 4.95. The lowest BCUT2D eigenvalue weighted by Crippen LogP contribution is -2.36. The van der Waals surface area contributed by atoms with Crippen molar-refractivity contribution in [2.75, 3.05) is 44.8 Å². The molecule has 0 saturated carbocycles. The van der Waals surface area contributed by atoms with Gasteiger partial charge < -0.3 is 19.5 Å². The highest BCUT2D eigenvalue weighted by molar-refractivity contribution is 6.31. The van der Waals surface area contributed by atoms with Crippen molar-refractivity contribution >= 4 is 39.8 Å². The molecule has 3 heterocycles. The molecular weight excluding hydrogens is 511 g/mol. The van der Waals surface area contributed by atoms with Gasteiger partial charge >= 0.3 is 0 Å². The fraction of sp³-hybridized carbons (Fsp3) is 0.393. The molecule has 200 valence electrons. The minimum absolute atomic E-state index is 0.0554. The highest BCUT2D eigenvalue weighted by Crippen LogP contribution is 2.32. The van der Waals surface area contributed by atoms with E-state index in [1.54, 1.807) is 31.2 Å². The lowest BCUT2D eigenvalue weighted by atomic mass is 10.0. The lowest BCUT2D eigenvalue weighted by Gasteiger charge is -2.24. The first-order valence-corrected chi connectivity index (χ1v) is 13.1. The van der Waals surface area contributed by atoms with Crippen LogP contribution in [-0.4, -0.2) is 72.3 Å². The van der Waals surface area contributed by atoms with E-state index in [0.29, 0.717) is 65.0 Å². The highest BCUT2D eigenvalue weighted by Gasteiger charge is 2.35. The van der Waals surface area contributed by atoms with Gasteiger partial charge in [0.05, 0.1) is 43.2 Å². The van der Waals surface area contributed by atoms with Crippen molar-refractivity contribution in [3.8, 4) is 5.75 Å². The van der Waals surface area contributed by atoms with Crippen molar-refractivity contribution in [2.24, 2.45) is 0 Å². The topological polar surface area (TPSA) is 85.8 Å². The first-order valence-electron chi connectivity index (χ1n) is 12.7. The van der Waals surface area contributed by atoms with Crippen LogP contribution in [0.15, 0.2) is 42.7 Å². The molecule has 0 spiro atoms. The van der Waals surface area contributed by atoms with Crippen LogP contribution in [0.1, 0.15) is 18.1 Å². The first-order chi connectivity index (χ1) is 18.4. The molecule has 0 amide bonds. The average molecular weight is 541 g/mol. The van der Waals surface area contributed by atoms with Gasteiger partial charge in [-0.15, -0.1) is 0 Å². The molecule has 10 heteroatoms. The molecule has 2 aliphatic rings. The normalized spacial score (nSPS) is 19.7. The predicted octanol–water partition coefficient (Wildman–Crippen LogP) is 4.64. The van der Waals surface area contributed by atoms with E-state index in [2.05, 4.69) is 20.2 Å². The Labute approximate surface area is 225 Å². The maximum atomic E-state index is 14.8. The van der Waals surface area contributed by atoms with Crippen molar-refractivity contribution in [1.29, 1.82) is 0 Å². The van der Waals surface area contributed by atoms with Crippen molar-refractivity contribution in [3.63, 3.8) is 0 Å². The Bertz CT molecular complexity index is 1350. The van der Waals surface area contributed by atoms with Crippen LogP contribution in [0.5, 0.6) is 5.75 Å². The van der Waals surface area contributed by atoms with Gasteiger partial charge in [-0.25, -0.2) is 14.4 Å².